The molecule has 0 bridgehead atoms. The standard InChI is InChI=1S/C18H18N2O8S/c1-9-13(17(22)26-3)16(29-14(9)18(23)27-4)19-15(21)10(2)28-12-7-5-11(6-8-12)20(24)25/h5-8,10H,1-4H3,(H,19,21). The predicted molar refractivity (Wildman–Crippen MR) is 104 cm³/mol. The van der Waals surface area contributed by atoms with E-state index in [4.69, 9.17) is 14.2 Å². The van der Waals surface area contributed by atoms with Crippen LogP contribution in [0.2, 0.25) is 0 Å². The first kappa shape index (κ1) is 21.8. The van der Waals surface area contributed by atoms with Crippen molar-refractivity contribution in [2.45, 2.75) is 20.0 Å². The number of hydrogen-bond donors (Lipinski definition) is 1. The summed E-state index contributed by atoms with van der Waals surface area (Å²) in [5.41, 5.74) is 0.267. The van der Waals surface area contributed by atoms with Crippen molar-refractivity contribution < 1.29 is 33.5 Å². The number of benzene rings is 1. The Balaban J connectivity index is 2.21. The average Bonchev–Trinajstić information content (AvgIpc) is 3.02. The molecule has 1 aromatic heterocycles. The van der Waals surface area contributed by atoms with Gasteiger partial charge in [-0.3, -0.25) is 14.9 Å². The van der Waals surface area contributed by atoms with Crippen LogP contribution >= 0.6 is 11.3 Å². The monoisotopic (exact) mass is 422 g/mol. The maximum Gasteiger partial charge on any atom is 0.348 e. The van der Waals surface area contributed by atoms with Crippen molar-refractivity contribution in [1.29, 1.82) is 0 Å². The lowest BCUT2D eigenvalue weighted by molar-refractivity contribution is -0.384. The Bertz CT molecular complexity index is 952. The van der Waals surface area contributed by atoms with Gasteiger partial charge < -0.3 is 19.5 Å². The number of rotatable bonds is 7. The van der Waals surface area contributed by atoms with Gasteiger partial charge in [0.05, 0.1) is 24.7 Å². The van der Waals surface area contributed by atoms with Crippen molar-refractivity contribution in [2.24, 2.45) is 0 Å². The van der Waals surface area contributed by atoms with E-state index in [0.717, 1.165) is 11.3 Å². The molecule has 11 heteroatoms. The van der Waals surface area contributed by atoms with Gasteiger partial charge >= 0.3 is 11.9 Å². The first-order valence-electron chi connectivity index (χ1n) is 8.21. The molecule has 1 atom stereocenters. The van der Waals surface area contributed by atoms with Gasteiger partial charge in [-0.15, -0.1) is 11.3 Å². The Kier molecular flexibility index (Phi) is 6.89. The van der Waals surface area contributed by atoms with E-state index in [-0.39, 0.29) is 26.9 Å². The molecule has 1 amide bonds. The first-order chi connectivity index (χ1) is 13.7. The van der Waals surface area contributed by atoms with Crippen LogP contribution in [0.5, 0.6) is 5.75 Å². The summed E-state index contributed by atoms with van der Waals surface area (Å²) in [5.74, 6) is -1.70. The number of anilines is 1. The molecular formula is C18H18N2O8S. The minimum absolute atomic E-state index is 0.0498. The van der Waals surface area contributed by atoms with E-state index < -0.39 is 28.9 Å². The Labute approximate surface area is 169 Å². The van der Waals surface area contributed by atoms with Crippen LogP contribution in [0.1, 0.15) is 32.5 Å². The van der Waals surface area contributed by atoms with Crippen LogP contribution in [-0.4, -0.2) is 43.1 Å². The lowest BCUT2D eigenvalue weighted by Crippen LogP contribution is -2.30. The summed E-state index contributed by atoms with van der Waals surface area (Å²) in [6.07, 6.45) is -0.995. The first-order valence-corrected chi connectivity index (χ1v) is 9.03. The fraction of sp³-hybridized carbons (Fsp3) is 0.278. The summed E-state index contributed by atoms with van der Waals surface area (Å²) in [4.78, 5) is 46.8. The van der Waals surface area contributed by atoms with E-state index in [0.29, 0.717) is 5.56 Å². The van der Waals surface area contributed by atoms with Crippen LogP contribution in [0.15, 0.2) is 24.3 Å². The van der Waals surface area contributed by atoms with Crippen LogP contribution in [0.25, 0.3) is 0 Å². The zero-order valence-corrected chi connectivity index (χ0v) is 16.8. The molecule has 10 nitrogen and oxygen atoms in total. The second-order valence-corrected chi connectivity index (χ2v) is 6.76. The number of nitrogens with zero attached hydrogens (tertiary/aromatic N) is 1. The number of nitro benzene ring substituents is 1. The number of esters is 2. The van der Waals surface area contributed by atoms with Gasteiger partial charge in [0.2, 0.25) is 0 Å². The summed E-state index contributed by atoms with van der Waals surface area (Å²) in [6.45, 7) is 3.01. The molecule has 0 saturated carbocycles. The Morgan fingerprint density at radius 3 is 2.21 bits per heavy atom. The molecule has 0 spiro atoms. The molecule has 0 radical (unpaired) electrons. The Morgan fingerprint density at radius 1 is 1.10 bits per heavy atom. The maximum absolute atomic E-state index is 12.5. The van der Waals surface area contributed by atoms with Crippen LogP contribution in [0, 0.1) is 17.0 Å². The van der Waals surface area contributed by atoms with Crippen LogP contribution in [-0.2, 0) is 14.3 Å². The molecule has 29 heavy (non-hydrogen) atoms. The van der Waals surface area contributed by atoms with Crippen molar-refractivity contribution in [2.75, 3.05) is 19.5 Å². The van der Waals surface area contributed by atoms with Crippen molar-refractivity contribution >= 4 is 39.9 Å². The molecule has 0 aliphatic carbocycles. The highest BCUT2D eigenvalue weighted by Gasteiger charge is 2.28. The molecule has 154 valence electrons. The number of amides is 1. The fourth-order valence-electron chi connectivity index (χ4n) is 2.35. The summed E-state index contributed by atoms with van der Waals surface area (Å²) in [7, 11) is 2.39. The molecule has 1 unspecified atom stereocenters. The number of nitrogens with one attached hydrogen (secondary N) is 1. The summed E-state index contributed by atoms with van der Waals surface area (Å²) in [5, 5.41) is 13.4. The quantitative estimate of drug-likeness (QED) is 0.409. The number of non-ortho nitro benzene ring substituents is 1. The molecule has 2 aromatic rings. The second-order valence-electron chi connectivity index (χ2n) is 5.74. The van der Waals surface area contributed by atoms with E-state index in [1.165, 1.54) is 45.4 Å². The topological polar surface area (TPSA) is 134 Å². The summed E-state index contributed by atoms with van der Waals surface area (Å²) >= 11 is 0.882. The lowest BCUT2D eigenvalue weighted by atomic mass is 10.1. The number of carbonyl (C=O) groups is 3. The molecule has 1 N–H and O–H groups in total. The number of ether oxygens (including phenoxy) is 3. The van der Waals surface area contributed by atoms with Crippen LogP contribution < -0.4 is 10.1 Å². The minimum atomic E-state index is -0.995. The minimum Gasteiger partial charge on any atom is -0.481 e. The summed E-state index contributed by atoms with van der Waals surface area (Å²) in [6, 6.07) is 5.24. The van der Waals surface area contributed by atoms with E-state index in [1.54, 1.807) is 6.92 Å². The normalized spacial score (nSPS) is 11.3. The van der Waals surface area contributed by atoms with Gasteiger partial charge in [0.1, 0.15) is 15.6 Å². The molecule has 0 aliphatic heterocycles. The molecule has 1 heterocycles. The Morgan fingerprint density at radius 2 is 1.69 bits per heavy atom. The van der Waals surface area contributed by atoms with Crippen LogP contribution in [0.4, 0.5) is 10.7 Å². The number of hydrogen-bond acceptors (Lipinski definition) is 9. The van der Waals surface area contributed by atoms with Crippen LogP contribution in [0.3, 0.4) is 0 Å². The van der Waals surface area contributed by atoms with E-state index in [1.807, 2.05) is 0 Å². The van der Waals surface area contributed by atoms with Crippen molar-refractivity contribution in [3.05, 3.63) is 50.4 Å². The highest BCUT2D eigenvalue weighted by atomic mass is 32.1. The van der Waals surface area contributed by atoms with E-state index in [9.17, 15) is 24.5 Å². The third kappa shape index (κ3) is 4.88. The van der Waals surface area contributed by atoms with Gasteiger partial charge in [-0.25, -0.2) is 9.59 Å². The molecule has 1 aromatic carbocycles. The van der Waals surface area contributed by atoms with Gasteiger partial charge in [0.15, 0.2) is 6.10 Å². The lowest BCUT2D eigenvalue weighted by Gasteiger charge is -2.14. The SMILES string of the molecule is COC(=O)c1sc(NC(=O)C(C)Oc2ccc([N+](=O)[O-])cc2)c(C(=O)OC)c1C. The van der Waals surface area contributed by atoms with Gasteiger partial charge in [-0.1, -0.05) is 0 Å². The zero-order chi connectivity index (χ0) is 21.7. The smallest absolute Gasteiger partial charge is 0.348 e. The largest absolute Gasteiger partial charge is 0.481 e. The van der Waals surface area contributed by atoms with Crippen molar-refractivity contribution in [1.82, 2.24) is 0 Å². The van der Waals surface area contributed by atoms with E-state index in [2.05, 4.69) is 5.32 Å². The third-order valence-electron chi connectivity index (χ3n) is 3.87. The number of nitro groups is 1. The highest BCUT2D eigenvalue weighted by molar-refractivity contribution is 7.18. The van der Waals surface area contributed by atoms with Gasteiger partial charge in [-0.05, 0) is 31.5 Å². The van der Waals surface area contributed by atoms with Gasteiger partial charge in [0, 0.05) is 12.1 Å². The Hall–Kier alpha value is -3.47. The van der Waals surface area contributed by atoms with Crippen molar-refractivity contribution in [3.8, 4) is 5.75 Å². The molecule has 0 aliphatic rings. The highest BCUT2D eigenvalue weighted by Crippen LogP contribution is 2.34. The number of methoxy groups -OCH3 is 2. The third-order valence-corrected chi connectivity index (χ3v) is 5.06. The summed E-state index contributed by atoms with van der Waals surface area (Å²) < 4.78 is 14.9. The second kappa shape index (κ2) is 9.15. The molecule has 2 rings (SSSR count). The van der Waals surface area contributed by atoms with E-state index >= 15 is 0 Å². The maximum atomic E-state index is 12.5. The van der Waals surface area contributed by atoms with Gasteiger partial charge in [0.25, 0.3) is 11.6 Å². The number of carbonyl (C=O) groups excluding carboxylic acids is 3. The van der Waals surface area contributed by atoms with Gasteiger partial charge in [-0.2, -0.15) is 0 Å². The molecule has 0 fully saturated rings. The molecule has 0 saturated heterocycles. The number of thiophene rings is 1. The average molecular weight is 422 g/mol. The van der Waals surface area contributed by atoms with Crippen molar-refractivity contribution in [3.63, 3.8) is 0 Å². The predicted octanol–water partition coefficient (Wildman–Crippen LogP) is 2.94. The zero-order valence-electron chi connectivity index (χ0n) is 16.0. The molecular weight excluding hydrogens is 404 g/mol. The fourth-order valence-corrected chi connectivity index (χ4v) is 3.47.